The fraction of sp³-hybridized carbons (Fsp3) is 0.171. The van der Waals surface area contributed by atoms with Crippen molar-refractivity contribution in [1.82, 2.24) is 40.2 Å². The maximum Gasteiger partial charge on any atom is 0.274 e. The number of hydrogen-bond acceptors (Lipinski definition) is 10. The van der Waals surface area contributed by atoms with Gasteiger partial charge in [-0.25, -0.2) is 19.3 Å². The number of amides is 4. The molecule has 6 rings (SSSR count). The van der Waals surface area contributed by atoms with E-state index in [2.05, 4.69) is 41.4 Å². The highest BCUT2D eigenvalue weighted by molar-refractivity contribution is 6.32. The molecular weight excluding hydrogens is 831 g/mol. The zero-order valence-electron chi connectivity index (χ0n) is 32.9. The second kappa shape index (κ2) is 19.1. The third-order valence-electron chi connectivity index (χ3n) is 8.49. The van der Waals surface area contributed by atoms with E-state index in [0.717, 1.165) is 5.56 Å². The molecule has 0 saturated carbocycles. The van der Waals surface area contributed by atoms with Crippen LogP contribution in [0.3, 0.4) is 0 Å². The van der Waals surface area contributed by atoms with Crippen LogP contribution in [0.1, 0.15) is 83.4 Å². The molecule has 0 radical (unpaired) electrons. The van der Waals surface area contributed by atoms with Crippen molar-refractivity contribution in [1.29, 1.82) is 10.5 Å². The minimum Gasteiger partial charge on any atom is -0.355 e. The smallest absolute Gasteiger partial charge is 0.274 e. The summed E-state index contributed by atoms with van der Waals surface area (Å²) in [6, 6.07) is 19.6. The monoisotopic (exact) mass is 864 g/mol. The Bertz CT molecular complexity index is 2750. The Morgan fingerprint density at radius 2 is 1.12 bits per heavy atom. The van der Waals surface area contributed by atoms with E-state index in [-0.39, 0.29) is 55.4 Å². The number of hydrogen-bond donors (Lipinski definition) is 4. The Morgan fingerprint density at radius 3 is 1.57 bits per heavy atom. The van der Waals surface area contributed by atoms with Gasteiger partial charge in [0.25, 0.3) is 23.6 Å². The summed E-state index contributed by atoms with van der Waals surface area (Å²) >= 11 is 18.3. The Kier molecular flexibility index (Phi) is 14.0. The highest BCUT2D eigenvalue weighted by Crippen LogP contribution is 2.28. The van der Waals surface area contributed by atoms with Crippen LogP contribution in [0.5, 0.6) is 0 Å². The van der Waals surface area contributed by atoms with Crippen LogP contribution < -0.4 is 21.3 Å². The van der Waals surface area contributed by atoms with E-state index in [1.165, 1.54) is 46.9 Å². The quantitative estimate of drug-likeness (QED) is 0.115. The van der Waals surface area contributed by atoms with Crippen LogP contribution in [0.4, 0.5) is 11.4 Å². The van der Waals surface area contributed by atoms with Gasteiger partial charge < -0.3 is 21.3 Å². The van der Waals surface area contributed by atoms with Crippen LogP contribution in [0.15, 0.2) is 73.1 Å². The van der Waals surface area contributed by atoms with E-state index in [0.29, 0.717) is 33.8 Å². The summed E-state index contributed by atoms with van der Waals surface area (Å²) in [6.45, 7) is 8.90. The Labute approximate surface area is 359 Å². The van der Waals surface area contributed by atoms with Gasteiger partial charge in [0.2, 0.25) is 0 Å². The fourth-order valence-corrected chi connectivity index (χ4v) is 6.37. The number of nitrogens with one attached hydrogen (secondary N) is 4. The minimum absolute atomic E-state index is 0.0694. The number of rotatable bonds is 9. The molecule has 60 heavy (non-hydrogen) atoms. The molecule has 4 aromatic heterocycles. The van der Waals surface area contributed by atoms with Gasteiger partial charge in [-0.1, -0.05) is 40.9 Å². The predicted molar refractivity (Wildman–Crippen MR) is 226 cm³/mol. The lowest BCUT2D eigenvalue weighted by Crippen LogP contribution is -2.31. The van der Waals surface area contributed by atoms with E-state index < -0.39 is 23.6 Å². The molecule has 16 nitrogen and oxygen atoms in total. The van der Waals surface area contributed by atoms with Crippen molar-refractivity contribution in [3.8, 4) is 23.8 Å². The number of nitriles is 2. The largest absolute Gasteiger partial charge is 0.355 e. The van der Waals surface area contributed by atoms with E-state index in [9.17, 15) is 24.4 Å². The normalized spacial score (nSPS) is 10.5. The highest BCUT2D eigenvalue weighted by Gasteiger charge is 2.24. The summed E-state index contributed by atoms with van der Waals surface area (Å²) in [5, 5.41) is 38.0. The first kappa shape index (κ1) is 44.0. The fourth-order valence-electron chi connectivity index (χ4n) is 5.81. The lowest BCUT2D eigenvalue weighted by molar-refractivity contribution is 0.0940. The van der Waals surface area contributed by atoms with Crippen LogP contribution >= 0.6 is 34.8 Å². The number of carbonyl (C=O) groups excluding carboxylic acids is 4. The lowest BCUT2D eigenvalue weighted by atomic mass is 10.0. The van der Waals surface area contributed by atoms with Crippen LogP contribution in [0, 0.1) is 43.4 Å². The molecule has 0 saturated heterocycles. The number of aromatic nitrogens is 6. The number of pyridine rings is 2. The van der Waals surface area contributed by atoms with Gasteiger partial charge in [0.15, 0.2) is 21.9 Å². The maximum atomic E-state index is 13.2. The maximum absolute atomic E-state index is 13.2. The van der Waals surface area contributed by atoms with Crippen LogP contribution in [0.2, 0.25) is 15.3 Å². The average molecular weight is 866 g/mol. The van der Waals surface area contributed by atoms with E-state index in [1.54, 1.807) is 50.4 Å². The summed E-state index contributed by atoms with van der Waals surface area (Å²) in [5.74, 6) is -1.24. The molecule has 304 valence electrons. The van der Waals surface area contributed by atoms with Crippen molar-refractivity contribution in [3.05, 3.63) is 139 Å². The highest BCUT2D eigenvalue weighted by atomic mass is 35.5. The first-order valence-corrected chi connectivity index (χ1v) is 19.0. The number of aryl methyl sites for hydroxylation is 3. The van der Waals surface area contributed by atoms with Gasteiger partial charge in [-0.15, -0.1) is 0 Å². The van der Waals surface area contributed by atoms with Crippen molar-refractivity contribution in [2.45, 2.75) is 40.7 Å². The second-order valence-electron chi connectivity index (χ2n) is 13.3. The predicted octanol–water partition coefficient (Wildman–Crippen LogP) is 7.17. The second-order valence-corrected chi connectivity index (χ2v) is 14.4. The molecule has 0 bridgehead atoms. The van der Waals surface area contributed by atoms with Crippen molar-refractivity contribution >= 4 is 69.8 Å². The van der Waals surface area contributed by atoms with Crippen molar-refractivity contribution in [2.24, 2.45) is 0 Å². The summed E-state index contributed by atoms with van der Waals surface area (Å²) in [4.78, 5) is 59.6. The Morgan fingerprint density at radius 1 is 0.650 bits per heavy atom. The molecule has 0 aliphatic carbocycles. The van der Waals surface area contributed by atoms with Gasteiger partial charge in [0, 0.05) is 37.6 Å². The number of benzene rings is 2. The van der Waals surface area contributed by atoms with Gasteiger partial charge in [0.1, 0.15) is 11.4 Å². The number of anilines is 2. The van der Waals surface area contributed by atoms with E-state index in [1.807, 2.05) is 39.0 Å². The molecule has 2 aromatic carbocycles. The third kappa shape index (κ3) is 9.94. The van der Waals surface area contributed by atoms with Crippen LogP contribution in [0.25, 0.3) is 11.6 Å². The van der Waals surface area contributed by atoms with Gasteiger partial charge >= 0.3 is 0 Å². The van der Waals surface area contributed by atoms with Crippen molar-refractivity contribution in [2.75, 3.05) is 17.7 Å². The van der Waals surface area contributed by atoms with Gasteiger partial charge in [0.05, 0.1) is 50.8 Å². The van der Waals surface area contributed by atoms with Crippen molar-refractivity contribution < 1.29 is 19.2 Å². The van der Waals surface area contributed by atoms with Gasteiger partial charge in [-0.2, -0.15) is 20.7 Å². The van der Waals surface area contributed by atoms with Crippen LogP contribution in [-0.2, 0) is 0 Å². The number of nitrogens with zero attached hydrogens (tertiary/aromatic N) is 8. The molecule has 0 aliphatic rings. The molecule has 4 N–H and O–H groups in total. The van der Waals surface area contributed by atoms with Gasteiger partial charge in [-0.05, 0) is 93.8 Å². The summed E-state index contributed by atoms with van der Waals surface area (Å²) in [5.41, 5.74) is 3.71. The SMILES string of the molecule is CNC(=O)c1cc(C#N)cc(C)c1NC(=O)c1cc(Cl)nn1-c1ncccc1Cl.Cc1cccnc1-n1nc(Cl)cc1C(=O)Nc1c(C)cc(C#N)cc1C(=O)NC(C)C. The summed E-state index contributed by atoms with van der Waals surface area (Å²) in [7, 11) is 1.46. The molecule has 0 unspecified atom stereocenters. The molecule has 0 atom stereocenters. The third-order valence-corrected chi connectivity index (χ3v) is 9.15. The zero-order chi connectivity index (χ0) is 43.8. The van der Waals surface area contributed by atoms with Crippen molar-refractivity contribution in [3.63, 3.8) is 0 Å². The molecule has 4 heterocycles. The summed E-state index contributed by atoms with van der Waals surface area (Å²) < 4.78 is 2.58. The Balaban J connectivity index is 0.000000228. The van der Waals surface area contributed by atoms with Crippen LogP contribution in [-0.4, -0.2) is 66.2 Å². The molecule has 0 aliphatic heterocycles. The lowest BCUT2D eigenvalue weighted by Gasteiger charge is -2.16. The Hall–Kier alpha value is -7.11. The zero-order valence-corrected chi connectivity index (χ0v) is 35.1. The number of halogens is 3. The first-order chi connectivity index (χ1) is 28.6. The van der Waals surface area contributed by atoms with E-state index >= 15 is 0 Å². The molecular formula is C41H35Cl3N12O4. The molecule has 0 fully saturated rings. The molecule has 4 amide bonds. The topological polar surface area (TPSA) is 225 Å². The average Bonchev–Trinajstić information content (AvgIpc) is 3.81. The standard InChI is InChI=1S/C22H21ClN6O2.C19H14Cl2N6O2/c1-12(2)26-21(30)16-9-15(11-24)8-14(4)19(16)27-22(31)17-10-18(23)28-29(17)20-13(3)6-5-7-25-20;1-10-6-11(9-22)7-12(18(28)23-2)16(10)25-19(29)14-8-15(21)26-27(14)17-13(20)4-3-5-24-17/h5-10,12H,1-4H3,(H,26,30)(H,27,31);3-8H,1-2H3,(H,23,28)(H,25,29). The van der Waals surface area contributed by atoms with Gasteiger partial charge in [-0.3, -0.25) is 19.2 Å². The minimum atomic E-state index is -0.580. The summed E-state index contributed by atoms with van der Waals surface area (Å²) in [6.07, 6.45) is 3.10. The first-order valence-electron chi connectivity index (χ1n) is 17.9. The number of carbonyl (C=O) groups is 4. The molecule has 19 heteroatoms. The molecule has 0 spiro atoms. The van der Waals surface area contributed by atoms with E-state index in [4.69, 9.17) is 40.1 Å². The molecule has 6 aromatic rings.